The van der Waals surface area contributed by atoms with Gasteiger partial charge in [-0.25, -0.2) is 0 Å². The Morgan fingerprint density at radius 3 is 1.88 bits per heavy atom. The van der Waals surface area contributed by atoms with E-state index in [0.29, 0.717) is 6.54 Å². The van der Waals surface area contributed by atoms with Crippen molar-refractivity contribution in [2.75, 3.05) is 13.1 Å². The van der Waals surface area contributed by atoms with E-state index in [0.717, 1.165) is 6.54 Å². The summed E-state index contributed by atoms with van der Waals surface area (Å²) in [7, 11) is 0. The fraction of sp³-hybridized carbons (Fsp3) is 0.867. The normalized spacial score (nSPS) is 11.2. The molecule has 2 heteroatoms. The zero-order valence-corrected chi connectivity index (χ0v) is 11.7. The lowest BCUT2D eigenvalue weighted by Crippen LogP contribution is -2.07. The van der Waals surface area contributed by atoms with E-state index in [1.165, 1.54) is 64.2 Å². The molecule has 0 amide bonds. The summed E-state index contributed by atoms with van der Waals surface area (Å²) < 4.78 is 0. The van der Waals surface area contributed by atoms with Crippen LogP contribution < -0.4 is 11.1 Å². The molecule has 0 saturated carbocycles. The third-order valence-corrected chi connectivity index (χ3v) is 3.05. The molecule has 0 saturated heterocycles. The van der Waals surface area contributed by atoms with Gasteiger partial charge in [-0.05, 0) is 12.6 Å². The van der Waals surface area contributed by atoms with Gasteiger partial charge in [0.1, 0.15) is 0 Å². The van der Waals surface area contributed by atoms with Gasteiger partial charge in [0.05, 0.1) is 0 Å². The van der Waals surface area contributed by atoms with Crippen LogP contribution in [0.3, 0.4) is 0 Å². The number of hydrogen-bond acceptors (Lipinski definition) is 2. The van der Waals surface area contributed by atoms with E-state index < -0.39 is 0 Å². The minimum absolute atomic E-state index is 0.630. The first kappa shape index (κ1) is 16.5. The first-order valence-corrected chi connectivity index (χ1v) is 7.50. The largest absolute Gasteiger partial charge is 0.391 e. The van der Waals surface area contributed by atoms with Gasteiger partial charge in [0.2, 0.25) is 0 Å². The molecule has 0 bridgehead atoms. The molecule has 3 N–H and O–H groups in total. The molecule has 17 heavy (non-hydrogen) atoms. The van der Waals surface area contributed by atoms with E-state index in [9.17, 15) is 0 Å². The molecule has 0 aromatic carbocycles. The Hall–Kier alpha value is -0.500. The fourth-order valence-electron chi connectivity index (χ4n) is 1.95. The zero-order chi connectivity index (χ0) is 12.6. The molecule has 0 spiro atoms. The van der Waals surface area contributed by atoms with Gasteiger partial charge >= 0.3 is 0 Å². The second kappa shape index (κ2) is 15.5. The van der Waals surface area contributed by atoms with Crippen LogP contribution in [-0.4, -0.2) is 13.1 Å². The van der Waals surface area contributed by atoms with Crippen LogP contribution in [0, 0.1) is 0 Å². The molecule has 0 unspecified atom stereocenters. The fourth-order valence-corrected chi connectivity index (χ4v) is 1.95. The zero-order valence-electron chi connectivity index (χ0n) is 11.7. The van der Waals surface area contributed by atoms with Crippen LogP contribution in [0.5, 0.6) is 0 Å². The molecule has 0 aliphatic heterocycles. The Labute approximate surface area is 108 Å². The van der Waals surface area contributed by atoms with Crippen LogP contribution in [0.15, 0.2) is 12.3 Å². The van der Waals surface area contributed by atoms with Crippen molar-refractivity contribution in [1.82, 2.24) is 5.32 Å². The predicted octanol–water partition coefficient (Wildman–Crippen LogP) is 3.97. The van der Waals surface area contributed by atoms with E-state index in [1.54, 1.807) is 0 Å². The average Bonchev–Trinajstić information content (AvgIpc) is 2.35. The van der Waals surface area contributed by atoms with Crippen molar-refractivity contribution >= 4 is 0 Å². The van der Waals surface area contributed by atoms with Gasteiger partial charge in [-0.3, -0.25) is 0 Å². The lowest BCUT2D eigenvalue weighted by molar-refractivity contribution is 0.553. The summed E-state index contributed by atoms with van der Waals surface area (Å²) in [6.07, 6.45) is 17.9. The molecule has 0 aromatic heterocycles. The Morgan fingerprint density at radius 1 is 0.824 bits per heavy atom. The van der Waals surface area contributed by atoms with Gasteiger partial charge in [-0.15, -0.1) is 0 Å². The topological polar surface area (TPSA) is 38.0 Å². The molecule has 102 valence electrons. The predicted molar refractivity (Wildman–Crippen MR) is 78.0 cm³/mol. The van der Waals surface area contributed by atoms with E-state index in [1.807, 2.05) is 12.3 Å². The average molecular weight is 240 g/mol. The van der Waals surface area contributed by atoms with Gasteiger partial charge < -0.3 is 11.1 Å². The van der Waals surface area contributed by atoms with Crippen LogP contribution >= 0.6 is 0 Å². The molecular formula is C15H32N2. The van der Waals surface area contributed by atoms with Crippen LogP contribution in [-0.2, 0) is 0 Å². The molecule has 0 rings (SSSR count). The Morgan fingerprint density at radius 2 is 1.35 bits per heavy atom. The van der Waals surface area contributed by atoms with Crippen LogP contribution in [0.1, 0.15) is 71.1 Å². The number of nitrogens with two attached hydrogens (primary N) is 1. The molecule has 0 aliphatic rings. The Bertz CT molecular complexity index is 155. The van der Waals surface area contributed by atoms with Crippen molar-refractivity contribution in [2.45, 2.75) is 71.1 Å². The minimum atomic E-state index is 0.630. The van der Waals surface area contributed by atoms with Crippen molar-refractivity contribution < 1.29 is 0 Å². The van der Waals surface area contributed by atoms with Gasteiger partial charge in [-0.1, -0.05) is 70.8 Å². The minimum Gasteiger partial charge on any atom is -0.391 e. The first-order valence-electron chi connectivity index (χ1n) is 7.50. The smallest absolute Gasteiger partial charge is 0.0141 e. The van der Waals surface area contributed by atoms with Crippen molar-refractivity contribution in [1.29, 1.82) is 0 Å². The summed E-state index contributed by atoms with van der Waals surface area (Å²) in [5, 5.41) is 3.25. The third-order valence-electron chi connectivity index (χ3n) is 3.05. The second-order valence-electron chi connectivity index (χ2n) is 4.77. The summed E-state index contributed by atoms with van der Waals surface area (Å²) >= 11 is 0. The van der Waals surface area contributed by atoms with E-state index in [4.69, 9.17) is 5.73 Å². The standard InChI is InChI=1S/C15H32N2/c1-2-3-4-5-6-7-8-9-10-11-14-17-15-12-13-16/h12,15,17H,2-11,13-14,16H2,1H3/b15-12+. The second-order valence-corrected chi connectivity index (χ2v) is 4.77. The lowest BCUT2D eigenvalue weighted by Gasteiger charge is -2.02. The Kier molecular flexibility index (Phi) is 15.0. The van der Waals surface area contributed by atoms with Crippen LogP contribution in [0.25, 0.3) is 0 Å². The van der Waals surface area contributed by atoms with E-state index in [-0.39, 0.29) is 0 Å². The van der Waals surface area contributed by atoms with Gasteiger partial charge in [0.15, 0.2) is 0 Å². The maximum absolute atomic E-state index is 5.34. The molecule has 0 aromatic rings. The van der Waals surface area contributed by atoms with Gasteiger partial charge in [0, 0.05) is 13.1 Å². The number of nitrogens with one attached hydrogen (secondary N) is 1. The number of rotatable bonds is 13. The van der Waals surface area contributed by atoms with Gasteiger partial charge in [0.25, 0.3) is 0 Å². The van der Waals surface area contributed by atoms with Crippen molar-refractivity contribution in [3.63, 3.8) is 0 Å². The highest BCUT2D eigenvalue weighted by atomic mass is 14.8. The maximum atomic E-state index is 5.34. The third kappa shape index (κ3) is 15.5. The SMILES string of the molecule is CCCCCCCCCCCCN/C=C/CN. The molecule has 2 nitrogen and oxygen atoms in total. The maximum Gasteiger partial charge on any atom is 0.0141 e. The molecule has 0 fully saturated rings. The lowest BCUT2D eigenvalue weighted by atomic mass is 10.1. The highest BCUT2D eigenvalue weighted by molar-refractivity contribution is 4.79. The van der Waals surface area contributed by atoms with Crippen molar-refractivity contribution in [3.8, 4) is 0 Å². The van der Waals surface area contributed by atoms with Gasteiger partial charge in [-0.2, -0.15) is 0 Å². The Balaban J connectivity index is 2.91. The summed E-state index contributed by atoms with van der Waals surface area (Å²) in [5.41, 5.74) is 5.34. The molecule has 0 radical (unpaired) electrons. The molecular weight excluding hydrogens is 208 g/mol. The summed E-state index contributed by atoms with van der Waals surface area (Å²) in [5.74, 6) is 0. The van der Waals surface area contributed by atoms with E-state index >= 15 is 0 Å². The monoisotopic (exact) mass is 240 g/mol. The first-order chi connectivity index (χ1) is 8.41. The summed E-state index contributed by atoms with van der Waals surface area (Å²) in [4.78, 5) is 0. The van der Waals surface area contributed by atoms with Crippen molar-refractivity contribution in [2.24, 2.45) is 5.73 Å². The van der Waals surface area contributed by atoms with Crippen molar-refractivity contribution in [3.05, 3.63) is 12.3 Å². The molecule has 0 atom stereocenters. The summed E-state index contributed by atoms with van der Waals surface area (Å²) in [6, 6.07) is 0. The summed E-state index contributed by atoms with van der Waals surface area (Å²) in [6.45, 7) is 3.99. The van der Waals surface area contributed by atoms with Crippen LogP contribution in [0.4, 0.5) is 0 Å². The van der Waals surface area contributed by atoms with Crippen LogP contribution in [0.2, 0.25) is 0 Å². The quantitative estimate of drug-likeness (QED) is 0.478. The highest BCUT2D eigenvalue weighted by Gasteiger charge is 1.91. The van der Waals surface area contributed by atoms with E-state index in [2.05, 4.69) is 12.2 Å². The number of hydrogen-bond donors (Lipinski definition) is 2. The molecule has 0 heterocycles. The number of unbranched alkanes of at least 4 members (excludes halogenated alkanes) is 9. The highest BCUT2D eigenvalue weighted by Crippen LogP contribution is 2.10. The molecule has 0 aliphatic carbocycles.